The second-order valence-corrected chi connectivity index (χ2v) is 6.38. The number of halogens is 6. The smallest absolute Gasteiger partial charge is 0.267 e. The van der Waals surface area contributed by atoms with Crippen LogP contribution in [0.25, 0.3) is 11.3 Å². The fourth-order valence-corrected chi connectivity index (χ4v) is 3.13. The molecule has 11 heteroatoms. The van der Waals surface area contributed by atoms with Crippen molar-refractivity contribution in [3.05, 3.63) is 35.5 Å². The first kappa shape index (κ1) is 19.0. The van der Waals surface area contributed by atoms with E-state index >= 15 is 0 Å². The van der Waals surface area contributed by atoms with Gasteiger partial charge in [0, 0.05) is 12.6 Å². The van der Waals surface area contributed by atoms with Crippen LogP contribution >= 0.6 is 0 Å². The lowest BCUT2D eigenvalue weighted by atomic mass is 10.1. The van der Waals surface area contributed by atoms with Crippen LogP contribution < -0.4 is 0 Å². The minimum Gasteiger partial charge on any atom is -0.267 e. The molecule has 0 radical (unpaired) electrons. The third kappa shape index (κ3) is 4.39. The number of hydrogen-bond acceptors (Lipinski definition) is 3. The lowest BCUT2D eigenvalue weighted by Crippen LogP contribution is -2.19. The summed E-state index contributed by atoms with van der Waals surface area (Å²) in [6.45, 7) is 0. The van der Waals surface area contributed by atoms with E-state index in [4.69, 9.17) is 5.26 Å². The average molecular weight is 381 g/mol. The molecule has 0 aliphatic carbocycles. The highest BCUT2D eigenvalue weighted by molar-refractivity contribution is 7.85. The summed E-state index contributed by atoms with van der Waals surface area (Å²) in [4.78, 5) is -0.396. The van der Waals surface area contributed by atoms with Crippen LogP contribution in [0.15, 0.2) is 29.2 Å². The molecule has 0 N–H and O–H groups in total. The first-order chi connectivity index (χ1) is 11.4. The summed E-state index contributed by atoms with van der Waals surface area (Å²) < 4.78 is 88.3. The molecule has 1 unspecified atom stereocenters. The quantitative estimate of drug-likeness (QED) is 0.763. The number of benzene rings is 1. The Hall–Kier alpha value is -2.35. The molecule has 0 fully saturated rings. The Labute approximate surface area is 140 Å². The van der Waals surface area contributed by atoms with Crippen LogP contribution in [0.2, 0.25) is 0 Å². The van der Waals surface area contributed by atoms with Crippen LogP contribution in [-0.4, -0.2) is 25.9 Å². The number of hydrogen-bond donors (Lipinski definition) is 0. The summed E-state index contributed by atoms with van der Waals surface area (Å²) >= 11 is 0. The first-order valence-electron chi connectivity index (χ1n) is 6.53. The van der Waals surface area contributed by atoms with E-state index in [9.17, 15) is 30.6 Å². The molecule has 0 bridgehead atoms. The summed E-state index contributed by atoms with van der Waals surface area (Å²) in [6.07, 6.45) is -9.41. The SMILES string of the molecule is Cn1nc(C(F)(F)F)cc1-c1ccc(C#N)c(S(=O)CC(F)(F)F)c1. The maximum absolute atomic E-state index is 12.7. The Morgan fingerprint density at radius 1 is 1.20 bits per heavy atom. The van der Waals surface area contributed by atoms with Gasteiger partial charge in [-0.1, -0.05) is 6.07 Å². The van der Waals surface area contributed by atoms with Gasteiger partial charge in [-0.05, 0) is 18.2 Å². The lowest BCUT2D eigenvalue weighted by molar-refractivity contribution is -0.141. The number of rotatable bonds is 3. The number of nitrogens with zero attached hydrogens (tertiary/aromatic N) is 3. The predicted octanol–water partition coefficient (Wildman–Crippen LogP) is 3.65. The molecular weight excluding hydrogens is 372 g/mol. The summed E-state index contributed by atoms with van der Waals surface area (Å²) in [5.41, 5.74) is -1.39. The van der Waals surface area contributed by atoms with Crippen molar-refractivity contribution < 1.29 is 30.6 Å². The molecule has 0 aliphatic heterocycles. The summed E-state index contributed by atoms with van der Waals surface area (Å²) in [6, 6.07) is 5.72. The zero-order valence-electron chi connectivity index (χ0n) is 12.4. The minimum atomic E-state index is -4.72. The molecule has 0 spiro atoms. The molecule has 0 amide bonds. The minimum absolute atomic E-state index is 0.0397. The normalized spacial score (nSPS) is 13.5. The monoisotopic (exact) mass is 381 g/mol. The second kappa shape index (κ2) is 6.51. The van der Waals surface area contributed by atoms with E-state index in [1.165, 1.54) is 13.1 Å². The molecule has 2 rings (SSSR count). The highest BCUT2D eigenvalue weighted by Gasteiger charge is 2.35. The van der Waals surface area contributed by atoms with E-state index in [1.54, 1.807) is 6.07 Å². The van der Waals surface area contributed by atoms with E-state index in [0.717, 1.165) is 22.9 Å². The van der Waals surface area contributed by atoms with E-state index in [1.807, 2.05) is 0 Å². The first-order valence-corrected chi connectivity index (χ1v) is 7.85. The number of aryl methyl sites for hydroxylation is 1. The van der Waals surface area contributed by atoms with E-state index in [0.29, 0.717) is 0 Å². The fourth-order valence-electron chi connectivity index (χ4n) is 2.06. The van der Waals surface area contributed by atoms with Gasteiger partial charge in [0.2, 0.25) is 0 Å². The van der Waals surface area contributed by atoms with Crippen LogP contribution in [-0.2, 0) is 24.0 Å². The molecule has 134 valence electrons. The molecule has 1 heterocycles. The van der Waals surface area contributed by atoms with Gasteiger partial charge in [0.1, 0.15) is 11.8 Å². The molecule has 1 atom stereocenters. The largest absolute Gasteiger partial charge is 0.435 e. The van der Waals surface area contributed by atoms with E-state index in [-0.39, 0.29) is 16.8 Å². The third-order valence-corrected chi connectivity index (χ3v) is 4.53. The van der Waals surface area contributed by atoms with Gasteiger partial charge in [-0.3, -0.25) is 8.89 Å². The Morgan fingerprint density at radius 3 is 2.32 bits per heavy atom. The molecule has 25 heavy (non-hydrogen) atoms. The zero-order valence-corrected chi connectivity index (χ0v) is 13.3. The van der Waals surface area contributed by atoms with Crippen LogP contribution in [0, 0.1) is 11.3 Å². The number of alkyl halides is 6. The van der Waals surface area contributed by atoms with Gasteiger partial charge >= 0.3 is 12.4 Å². The summed E-state index contributed by atoms with van der Waals surface area (Å²) in [5.74, 6) is -1.66. The van der Waals surface area contributed by atoms with Crippen molar-refractivity contribution in [1.29, 1.82) is 5.26 Å². The second-order valence-electron chi connectivity index (χ2n) is 4.96. The molecule has 0 aliphatic rings. The van der Waals surface area contributed by atoms with Gasteiger partial charge in [-0.2, -0.15) is 36.7 Å². The van der Waals surface area contributed by atoms with Crippen molar-refractivity contribution >= 4 is 10.8 Å². The van der Waals surface area contributed by atoms with Crippen molar-refractivity contribution in [2.45, 2.75) is 17.2 Å². The third-order valence-electron chi connectivity index (χ3n) is 3.11. The fraction of sp³-hybridized carbons (Fsp3) is 0.286. The molecule has 1 aromatic carbocycles. The van der Waals surface area contributed by atoms with Crippen LogP contribution in [0.4, 0.5) is 26.3 Å². The van der Waals surface area contributed by atoms with Gasteiger partial charge in [0.25, 0.3) is 0 Å². The average Bonchev–Trinajstić information content (AvgIpc) is 2.87. The van der Waals surface area contributed by atoms with Gasteiger partial charge in [-0.15, -0.1) is 0 Å². The Bertz CT molecular complexity index is 863. The van der Waals surface area contributed by atoms with Crippen molar-refractivity contribution in [3.63, 3.8) is 0 Å². The Balaban J connectivity index is 2.52. The Kier molecular flexibility index (Phi) is 4.94. The molecule has 2 aromatic rings. The maximum atomic E-state index is 12.7. The highest BCUT2D eigenvalue weighted by atomic mass is 32.2. The van der Waals surface area contributed by atoms with Crippen molar-refractivity contribution in [1.82, 2.24) is 9.78 Å². The van der Waals surface area contributed by atoms with Crippen LogP contribution in [0.3, 0.4) is 0 Å². The van der Waals surface area contributed by atoms with Crippen LogP contribution in [0.5, 0.6) is 0 Å². The molecular formula is C14H9F6N3OS. The van der Waals surface area contributed by atoms with E-state index < -0.39 is 39.5 Å². The molecule has 1 aromatic heterocycles. The predicted molar refractivity (Wildman–Crippen MR) is 75.7 cm³/mol. The molecule has 0 saturated carbocycles. The van der Waals surface area contributed by atoms with Gasteiger partial charge in [-0.25, -0.2) is 0 Å². The van der Waals surface area contributed by atoms with Crippen molar-refractivity contribution in [3.8, 4) is 17.3 Å². The lowest BCUT2D eigenvalue weighted by Gasteiger charge is -2.10. The van der Waals surface area contributed by atoms with E-state index in [2.05, 4.69) is 5.10 Å². The number of aromatic nitrogens is 2. The van der Waals surface area contributed by atoms with Gasteiger partial charge < -0.3 is 0 Å². The topological polar surface area (TPSA) is 58.7 Å². The standard InChI is InChI=1S/C14H9F6N3OS/c1-23-10(5-12(22-23)14(18,19)20)8-2-3-9(6-21)11(4-8)25(24)7-13(15,16)17/h2-5H,7H2,1H3. The highest BCUT2D eigenvalue weighted by Crippen LogP contribution is 2.32. The zero-order chi connectivity index (χ0) is 19.0. The Morgan fingerprint density at radius 2 is 1.84 bits per heavy atom. The van der Waals surface area contributed by atoms with Crippen molar-refractivity contribution in [2.24, 2.45) is 7.05 Å². The van der Waals surface area contributed by atoms with Crippen molar-refractivity contribution in [2.75, 3.05) is 5.75 Å². The number of nitriles is 1. The molecule has 4 nitrogen and oxygen atoms in total. The summed E-state index contributed by atoms with van der Waals surface area (Å²) in [5, 5.41) is 12.3. The van der Waals surface area contributed by atoms with Gasteiger partial charge in [0.05, 0.1) is 27.0 Å². The van der Waals surface area contributed by atoms with Gasteiger partial charge in [0.15, 0.2) is 5.69 Å². The molecule has 0 saturated heterocycles. The maximum Gasteiger partial charge on any atom is 0.435 e. The summed E-state index contributed by atoms with van der Waals surface area (Å²) in [7, 11) is -1.33. The van der Waals surface area contributed by atoms with Crippen LogP contribution in [0.1, 0.15) is 11.3 Å².